The molecular weight excluding hydrogens is 619 g/mol. The van der Waals surface area contributed by atoms with Gasteiger partial charge in [0.05, 0.1) is 0 Å². The summed E-state index contributed by atoms with van der Waals surface area (Å²) < 4.78 is 6.69. The molecule has 1 aliphatic rings. The van der Waals surface area contributed by atoms with Crippen LogP contribution < -0.4 is 4.90 Å². The quantitative estimate of drug-likeness (QED) is 0.184. The summed E-state index contributed by atoms with van der Waals surface area (Å²) in [4.78, 5) is 2.33. The lowest BCUT2D eigenvalue weighted by Gasteiger charge is -2.26. The van der Waals surface area contributed by atoms with E-state index in [1.54, 1.807) is 0 Å². The molecule has 242 valence electrons. The molecule has 0 amide bonds. The maximum atomic E-state index is 6.69. The van der Waals surface area contributed by atoms with Crippen molar-refractivity contribution in [1.29, 1.82) is 0 Å². The van der Waals surface area contributed by atoms with Gasteiger partial charge in [-0.1, -0.05) is 135 Å². The van der Waals surface area contributed by atoms with Crippen LogP contribution in [0.15, 0.2) is 180 Å². The highest BCUT2D eigenvalue weighted by molar-refractivity contribution is 6.15. The van der Waals surface area contributed by atoms with E-state index in [-0.39, 0.29) is 5.41 Å². The average Bonchev–Trinajstić information content (AvgIpc) is 3.67. The van der Waals surface area contributed by atoms with Gasteiger partial charge in [0.25, 0.3) is 0 Å². The van der Waals surface area contributed by atoms with Crippen molar-refractivity contribution in [3.05, 3.63) is 187 Å². The van der Waals surface area contributed by atoms with E-state index in [0.717, 1.165) is 33.6 Å². The number of nitrogens with zero attached hydrogens (tertiary/aromatic N) is 1. The topological polar surface area (TPSA) is 16.4 Å². The second kappa shape index (κ2) is 11.3. The molecule has 0 fully saturated rings. The Bertz CT molecular complexity index is 2750. The number of fused-ring (bicyclic) bond motifs is 8. The molecule has 51 heavy (non-hydrogen) atoms. The van der Waals surface area contributed by atoms with Crippen LogP contribution in [0.4, 0.5) is 17.1 Å². The maximum absolute atomic E-state index is 6.69. The number of hydrogen-bond donors (Lipinski definition) is 0. The summed E-state index contributed by atoms with van der Waals surface area (Å²) in [6, 6.07) is 63.5. The number of rotatable bonds is 5. The van der Waals surface area contributed by atoms with Crippen molar-refractivity contribution in [1.82, 2.24) is 0 Å². The summed E-state index contributed by atoms with van der Waals surface area (Å²) in [6.07, 6.45) is 0. The van der Waals surface area contributed by atoms with Crippen LogP contribution in [0.5, 0.6) is 0 Å². The maximum Gasteiger partial charge on any atom is 0.137 e. The first kappa shape index (κ1) is 29.5. The first-order valence-corrected chi connectivity index (χ1v) is 17.7. The fourth-order valence-corrected chi connectivity index (χ4v) is 8.24. The average molecular weight is 654 g/mol. The van der Waals surface area contributed by atoms with Gasteiger partial charge in [-0.05, 0) is 104 Å². The molecule has 1 aliphatic carbocycles. The highest BCUT2D eigenvalue weighted by Gasteiger charge is 2.37. The Morgan fingerprint density at radius 1 is 0.431 bits per heavy atom. The molecule has 0 saturated heterocycles. The summed E-state index contributed by atoms with van der Waals surface area (Å²) in [5.41, 5.74) is 15.1. The van der Waals surface area contributed by atoms with E-state index >= 15 is 0 Å². The van der Waals surface area contributed by atoms with Crippen molar-refractivity contribution in [2.75, 3.05) is 4.90 Å². The Balaban J connectivity index is 1.10. The third kappa shape index (κ3) is 4.71. The van der Waals surface area contributed by atoms with Crippen molar-refractivity contribution >= 4 is 49.8 Å². The molecule has 0 atom stereocenters. The van der Waals surface area contributed by atoms with Gasteiger partial charge < -0.3 is 9.32 Å². The first-order chi connectivity index (χ1) is 25.0. The number of hydrogen-bond acceptors (Lipinski definition) is 2. The second-order valence-corrected chi connectivity index (χ2v) is 14.2. The molecule has 0 unspecified atom stereocenters. The van der Waals surface area contributed by atoms with Crippen LogP contribution in [0.3, 0.4) is 0 Å². The predicted molar refractivity (Wildman–Crippen MR) is 214 cm³/mol. The van der Waals surface area contributed by atoms with Crippen LogP contribution in [-0.2, 0) is 5.41 Å². The largest absolute Gasteiger partial charge is 0.456 e. The Morgan fingerprint density at radius 3 is 1.80 bits per heavy atom. The molecule has 0 bridgehead atoms. The summed E-state index contributed by atoms with van der Waals surface area (Å²) in [5.74, 6) is 0. The molecule has 0 radical (unpaired) electrons. The molecule has 0 N–H and O–H groups in total. The van der Waals surface area contributed by atoms with Crippen LogP contribution >= 0.6 is 0 Å². The van der Waals surface area contributed by atoms with Gasteiger partial charge in [-0.25, -0.2) is 0 Å². The first-order valence-electron chi connectivity index (χ1n) is 17.7. The summed E-state index contributed by atoms with van der Waals surface area (Å²) >= 11 is 0. The van der Waals surface area contributed by atoms with Crippen LogP contribution in [-0.4, -0.2) is 0 Å². The summed E-state index contributed by atoms with van der Waals surface area (Å²) in [7, 11) is 0. The third-order valence-electron chi connectivity index (χ3n) is 10.9. The molecule has 1 heterocycles. The Hall–Kier alpha value is -6.38. The van der Waals surface area contributed by atoms with Crippen molar-refractivity contribution in [3.63, 3.8) is 0 Å². The van der Waals surface area contributed by atoms with Crippen molar-refractivity contribution < 1.29 is 4.42 Å². The lowest BCUT2D eigenvalue weighted by atomic mass is 9.82. The van der Waals surface area contributed by atoms with E-state index < -0.39 is 0 Å². The predicted octanol–water partition coefficient (Wildman–Crippen LogP) is 13.8. The number of benzene rings is 8. The van der Waals surface area contributed by atoms with Crippen molar-refractivity contribution in [3.8, 4) is 33.4 Å². The van der Waals surface area contributed by atoms with Crippen LogP contribution in [0, 0.1) is 0 Å². The third-order valence-corrected chi connectivity index (χ3v) is 10.9. The van der Waals surface area contributed by atoms with Crippen LogP contribution in [0.25, 0.3) is 66.1 Å². The minimum absolute atomic E-state index is 0.0641. The molecule has 8 aromatic carbocycles. The highest BCUT2D eigenvalue weighted by atomic mass is 16.3. The lowest BCUT2D eigenvalue weighted by Crippen LogP contribution is -2.14. The van der Waals surface area contributed by atoms with E-state index in [1.807, 2.05) is 0 Å². The molecule has 9 aromatic rings. The molecule has 0 aliphatic heterocycles. The van der Waals surface area contributed by atoms with E-state index in [9.17, 15) is 0 Å². The fourth-order valence-electron chi connectivity index (χ4n) is 8.24. The number of furan rings is 1. The second-order valence-electron chi connectivity index (χ2n) is 14.2. The van der Waals surface area contributed by atoms with Gasteiger partial charge in [0.2, 0.25) is 0 Å². The van der Waals surface area contributed by atoms with Crippen LogP contribution in [0.2, 0.25) is 0 Å². The van der Waals surface area contributed by atoms with Gasteiger partial charge in [0, 0.05) is 39.3 Å². The minimum Gasteiger partial charge on any atom is -0.456 e. The van der Waals surface area contributed by atoms with Gasteiger partial charge in [0.15, 0.2) is 0 Å². The van der Waals surface area contributed by atoms with Gasteiger partial charge in [0.1, 0.15) is 11.2 Å². The monoisotopic (exact) mass is 653 g/mol. The molecule has 2 nitrogen and oxygen atoms in total. The van der Waals surface area contributed by atoms with Crippen molar-refractivity contribution in [2.24, 2.45) is 0 Å². The van der Waals surface area contributed by atoms with Gasteiger partial charge in [-0.3, -0.25) is 0 Å². The fraction of sp³-hybridized carbons (Fsp3) is 0.0612. The Morgan fingerprint density at radius 2 is 1.04 bits per heavy atom. The molecular formula is C49H35NO. The summed E-state index contributed by atoms with van der Waals surface area (Å²) in [5, 5.41) is 4.84. The van der Waals surface area contributed by atoms with E-state index in [1.165, 1.54) is 60.7 Å². The normalized spacial score (nSPS) is 13.1. The lowest BCUT2D eigenvalue weighted by molar-refractivity contribution is 0.656. The van der Waals surface area contributed by atoms with Crippen molar-refractivity contribution in [2.45, 2.75) is 19.3 Å². The molecule has 2 heteroatoms. The molecule has 10 rings (SSSR count). The van der Waals surface area contributed by atoms with E-state index in [0.29, 0.717) is 0 Å². The van der Waals surface area contributed by atoms with E-state index in [2.05, 4.69) is 195 Å². The minimum atomic E-state index is -0.0641. The van der Waals surface area contributed by atoms with E-state index in [4.69, 9.17) is 4.42 Å². The number of anilines is 3. The zero-order valence-electron chi connectivity index (χ0n) is 28.6. The summed E-state index contributed by atoms with van der Waals surface area (Å²) in [6.45, 7) is 4.66. The standard InChI is InChI=1S/C49H35NO/c1-49(2)43-15-9-8-14-41(43)47-44(49)28-29-45-48(47)42-27-26-40(31-46(42)51-45)50(38-22-18-34(19-23-38)32-10-4-3-5-11-32)39-24-20-35(21-25-39)37-17-16-33-12-6-7-13-36(33)30-37/h3-31H,1-2H3. The zero-order valence-corrected chi connectivity index (χ0v) is 28.6. The Kier molecular flexibility index (Phi) is 6.56. The molecule has 1 aromatic heterocycles. The zero-order chi connectivity index (χ0) is 34.1. The van der Waals surface area contributed by atoms with Gasteiger partial charge in [-0.2, -0.15) is 0 Å². The SMILES string of the molecule is CC1(C)c2ccccc2-c2c1ccc1oc3cc(N(c4ccc(-c5ccccc5)cc4)c4ccc(-c5ccc6ccccc6c5)cc4)ccc3c21. The molecule has 0 saturated carbocycles. The van der Waals surface area contributed by atoms with Crippen LogP contribution in [0.1, 0.15) is 25.0 Å². The van der Waals surface area contributed by atoms with Gasteiger partial charge in [-0.15, -0.1) is 0 Å². The van der Waals surface area contributed by atoms with Gasteiger partial charge >= 0.3 is 0 Å². The Labute approximate surface area is 297 Å². The highest BCUT2D eigenvalue weighted by Crippen LogP contribution is 2.53. The molecule has 0 spiro atoms. The smallest absolute Gasteiger partial charge is 0.137 e.